The molecule has 0 unspecified atom stereocenters. The molecule has 0 spiro atoms. The van der Waals surface area contributed by atoms with Crippen molar-refractivity contribution in [1.29, 1.82) is 5.26 Å². The Labute approximate surface area is 85.4 Å². The van der Waals surface area contributed by atoms with E-state index in [1.54, 1.807) is 24.3 Å². The predicted molar refractivity (Wildman–Crippen MR) is 51.1 cm³/mol. The molecule has 0 radical (unpaired) electrons. The average molecular weight is 203 g/mol. The first kappa shape index (κ1) is 8.72. The minimum atomic E-state index is 0.412. The molecular formula is C8H5N5S. The van der Waals surface area contributed by atoms with Crippen LogP contribution in [-0.2, 0) is 0 Å². The Balaban J connectivity index is 2.45. The molecule has 0 saturated carbocycles. The summed E-state index contributed by atoms with van der Waals surface area (Å²) in [6.45, 7) is 0. The molecule has 0 atom stereocenters. The number of benzene rings is 1. The van der Waals surface area contributed by atoms with Crippen molar-refractivity contribution in [2.75, 3.05) is 0 Å². The third-order valence-corrected chi connectivity index (χ3v) is 1.97. The largest absolute Gasteiger partial charge is 0.211 e. The highest BCUT2D eigenvalue weighted by atomic mass is 32.1. The summed E-state index contributed by atoms with van der Waals surface area (Å²) in [6, 6.07) is 8.95. The molecule has 68 valence electrons. The van der Waals surface area contributed by atoms with Gasteiger partial charge >= 0.3 is 0 Å². The number of aromatic nitrogens is 4. The molecule has 0 bridgehead atoms. The predicted octanol–water partition coefficient (Wildman–Crippen LogP) is 0.823. The van der Waals surface area contributed by atoms with Gasteiger partial charge in [-0.3, -0.25) is 0 Å². The lowest BCUT2D eigenvalue weighted by atomic mass is 10.2. The molecule has 6 heteroatoms. The lowest BCUT2D eigenvalue weighted by Crippen LogP contribution is -1.97. The molecule has 0 amide bonds. The quantitative estimate of drug-likeness (QED) is 0.697. The fourth-order valence-electron chi connectivity index (χ4n) is 1.03. The summed E-state index contributed by atoms with van der Waals surface area (Å²) in [5.74, 6) is 0. The zero-order valence-corrected chi connectivity index (χ0v) is 7.89. The summed E-state index contributed by atoms with van der Waals surface area (Å²) >= 11 is 4.07. The third kappa shape index (κ3) is 1.45. The first-order valence-electron chi connectivity index (χ1n) is 3.79. The molecular weight excluding hydrogens is 198 g/mol. The second kappa shape index (κ2) is 3.47. The van der Waals surface area contributed by atoms with E-state index in [4.69, 9.17) is 5.26 Å². The Morgan fingerprint density at radius 2 is 2.00 bits per heavy atom. The highest BCUT2D eigenvalue weighted by Crippen LogP contribution is 2.10. The molecule has 0 fully saturated rings. The number of nitrogens with zero attached hydrogens (tertiary/aromatic N) is 5. The van der Waals surface area contributed by atoms with E-state index < -0.39 is 0 Å². The minimum absolute atomic E-state index is 0.412. The van der Waals surface area contributed by atoms with Gasteiger partial charge in [0.2, 0.25) is 5.16 Å². The zero-order chi connectivity index (χ0) is 9.97. The van der Waals surface area contributed by atoms with Gasteiger partial charge < -0.3 is 0 Å². The number of rotatable bonds is 1. The molecule has 0 saturated heterocycles. The standard InChI is InChI=1S/C8H5N5S/c9-5-6-1-3-7(4-2-6)13-8(14)10-11-12-13/h1-4H,(H,10,12,14). The number of nitriles is 1. The molecule has 5 nitrogen and oxygen atoms in total. The SMILES string of the molecule is N#Cc1ccc(-n2nnnc2S)cc1. The van der Waals surface area contributed by atoms with E-state index in [0.29, 0.717) is 10.7 Å². The van der Waals surface area contributed by atoms with Crippen molar-refractivity contribution < 1.29 is 0 Å². The number of thiol groups is 1. The third-order valence-electron chi connectivity index (χ3n) is 1.69. The van der Waals surface area contributed by atoms with Crippen LogP contribution in [0, 0.1) is 11.3 Å². The van der Waals surface area contributed by atoms with E-state index in [2.05, 4.69) is 28.2 Å². The summed E-state index contributed by atoms with van der Waals surface area (Å²) in [6.07, 6.45) is 0. The summed E-state index contributed by atoms with van der Waals surface area (Å²) in [5.41, 5.74) is 1.38. The van der Waals surface area contributed by atoms with Gasteiger partial charge in [-0.1, -0.05) is 0 Å². The van der Waals surface area contributed by atoms with Gasteiger partial charge in [-0.05, 0) is 34.7 Å². The van der Waals surface area contributed by atoms with E-state index in [9.17, 15) is 0 Å². The van der Waals surface area contributed by atoms with Crippen molar-refractivity contribution in [3.63, 3.8) is 0 Å². The van der Waals surface area contributed by atoms with Gasteiger partial charge in [0.1, 0.15) is 0 Å². The maximum absolute atomic E-state index is 8.60. The van der Waals surface area contributed by atoms with Crippen LogP contribution in [0.25, 0.3) is 5.69 Å². The minimum Gasteiger partial charge on any atom is -0.192 e. The Hall–Kier alpha value is -1.87. The van der Waals surface area contributed by atoms with Crippen LogP contribution in [0.3, 0.4) is 0 Å². The number of hydrogen-bond donors (Lipinski definition) is 1. The Bertz CT molecular complexity index is 481. The maximum atomic E-state index is 8.60. The molecule has 1 aromatic heterocycles. The van der Waals surface area contributed by atoms with E-state index in [-0.39, 0.29) is 0 Å². The maximum Gasteiger partial charge on any atom is 0.211 e. The summed E-state index contributed by atoms with van der Waals surface area (Å²) < 4.78 is 1.48. The van der Waals surface area contributed by atoms with Crippen LogP contribution in [0.15, 0.2) is 29.4 Å². The highest BCUT2D eigenvalue weighted by molar-refractivity contribution is 7.80. The van der Waals surface area contributed by atoms with E-state index in [1.165, 1.54) is 4.68 Å². The van der Waals surface area contributed by atoms with E-state index >= 15 is 0 Å². The number of tetrazole rings is 1. The smallest absolute Gasteiger partial charge is 0.192 e. The van der Waals surface area contributed by atoms with Crippen LogP contribution in [0.5, 0.6) is 0 Å². The van der Waals surface area contributed by atoms with E-state index in [0.717, 1.165) is 5.69 Å². The molecule has 2 aromatic rings. The van der Waals surface area contributed by atoms with Crippen LogP contribution in [0.4, 0.5) is 0 Å². The summed E-state index contributed by atoms with van der Waals surface area (Å²) in [4.78, 5) is 0. The molecule has 1 aromatic carbocycles. The molecule has 0 N–H and O–H groups in total. The molecule has 0 aliphatic carbocycles. The van der Waals surface area contributed by atoms with Gasteiger partial charge in [-0.2, -0.15) is 9.94 Å². The van der Waals surface area contributed by atoms with Gasteiger partial charge in [-0.25, -0.2) is 0 Å². The van der Waals surface area contributed by atoms with Crippen LogP contribution in [-0.4, -0.2) is 20.2 Å². The summed E-state index contributed by atoms with van der Waals surface area (Å²) in [7, 11) is 0. The fraction of sp³-hybridized carbons (Fsp3) is 0. The lowest BCUT2D eigenvalue weighted by molar-refractivity contribution is 0.758. The summed E-state index contributed by atoms with van der Waals surface area (Å²) in [5, 5.41) is 19.8. The van der Waals surface area contributed by atoms with Gasteiger partial charge in [0, 0.05) is 0 Å². The Kier molecular flexibility index (Phi) is 2.16. The van der Waals surface area contributed by atoms with Crippen LogP contribution >= 0.6 is 12.6 Å². The molecule has 14 heavy (non-hydrogen) atoms. The first-order chi connectivity index (χ1) is 6.81. The second-order valence-corrected chi connectivity index (χ2v) is 2.95. The topological polar surface area (TPSA) is 67.4 Å². The molecule has 0 aliphatic heterocycles. The van der Waals surface area contributed by atoms with Gasteiger partial charge in [0.25, 0.3) is 0 Å². The van der Waals surface area contributed by atoms with Crippen molar-refractivity contribution in [2.24, 2.45) is 0 Å². The monoisotopic (exact) mass is 203 g/mol. The van der Waals surface area contributed by atoms with Crippen LogP contribution in [0.1, 0.15) is 5.56 Å². The first-order valence-corrected chi connectivity index (χ1v) is 4.24. The molecule has 0 aliphatic rings. The average Bonchev–Trinajstić information content (AvgIpc) is 2.65. The van der Waals surface area contributed by atoms with Crippen molar-refractivity contribution in [3.05, 3.63) is 29.8 Å². The number of hydrogen-bond acceptors (Lipinski definition) is 5. The van der Waals surface area contributed by atoms with Gasteiger partial charge in [0.15, 0.2) is 0 Å². The van der Waals surface area contributed by atoms with Crippen molar-refractivity contribution in [2.45, 2.75) is 5.16 Å². The lowest BCUT2D eigenvalue weighted by Gasteiger charge is -1.99. The van der Waals surface area contributed by atoms with E-state index in [1.807, 2.05) is 6.07 Å². The van der Waals surface area contributed by atoms with Crippen molar-refractivity contribution in [3.8, 4) is 11.8 Å². The second-order valence-electron chi connectivity index (χ2n) is 2.55. The Morgan fingerprint density at radius 3 is 2.50 bits per heavy atom. The fourth-order valence-corrected chi connectivity index (χ4v) is 1.22. The van der Waals surface area contributed by atoms with Crippen molar-refractivity contribution >= 4 is 12.6 Å². The normalized spacial score (nSPS) is 9.71. The molecule has 2 rings (SSSR count). The van der Waals surface area contributed by atoms with Crippen LogP contribution in [0.2, 0.25) is 0 Å². The van der Waals surface area contributed by atoms with Gasteiger partial charge in [0.05, 0.1) is 17.3 Å². The Morgan fingerprint density at radius 1 is 1.29 bits per heavy atom. The molecule has 1 heterocycles. The zero-order valence-electron chi connectivity index (χ0n) is 6.99. The van der Waals surface area contributed by atoms with Gasteiger partial charge in [-0.15, -0.1) is 17.7 Å². The highest BCUT2D eigenvalue weighted by Gasteiger charge is 2.03. The van der Waals surface area contributed by atoms with Crippen LogP contribution < -0.4 is 0 Å². The van der Waals surface area contributed by atoms with Crippen molar-refractivity contribution in [1.82, 2.24) is 20.2 Å².